The molecule has 0 spiro atoms. The van der Waals surface area contributed by atoms with Crippen molar-refractivity contribution in [1.82, 2.24) is 9.47 Å². The molecule has 1 aromatic rings. The van der Waals surface area contributed by atoms with E-state index in [2.05, 4.69) is 0 Å². The van der Waals surface area contributed by atoms with Gasteiger partial charge in [0.1, 0.15) is 12.2 Å². The van der Waals surface area contributed by atoms with Gasteiger partial charge in [-0.05, 0) is 12.5 Å². The van der Waals surface area contributed by atoms with E-state index in [1.807, 2.05) is 6.92 Å². The van der Waals surface area contributed by atoms with Crippen LogP contribution in [-0.2, 0) is 16.1 Å². The van der Waals surface area contributed by atoms with Crippen molar-refractivity contribution >= 4 is 5.91 Å². The smallest absolute Gasteiger partial charge is 0.250 e. The zero-order valence-electron chi connectivity index (χ0n) is 13.3. The molecule has 0 aromatic carbocycles. The normalized spacial score (nSPS) is 24.4. The lowest BCUT2D eigenvalue weighted by atomic mass is 10.0. The van der Waals surface area contributed by atoms with E-state index >= 15 is 0 Å². The Kier molecular flexibility index (Phi) is 6.32. The molecule has 0 saturated carbocycles. The maximum Gasteiger partial charge on any atom is 0.250 e. The van der Waals surface area contributed by atoms with Crippen molar-refractivity contribution in [2.24, 2.45) is 0 Å². The van der Waals surface area contributed by atoms with Crippen LogP contribution in [0.2, 0.25) is 0 Å². The third kappa shape index (κ3) is 4.40. The summed E-state index contributed by atoms with van der Waals surface area (Å²) in [6, 6.07) is 4.29. The predicted molar refractivity (Wildman–Crippen MR) is 83.9 cm³/mol. The molecule has 23 heavy (non-hydrogen) atoms. The Morgan fingerprint density at radius 2 is 2.17 bits per heavy atom. The molecular weight excluding hydrogens is 300 g/mol. The van der Waals surface area contributed by atoms with Crippen LogP contribution in [0.25, 0.3) is 0 Å². The highest BCUT2D eigenvalue weighted by Gasteiger charge is 2.36. The van der Waals surface area contributed by atoms with E-state index in [9.17, 15) is 19.8 Å². The van der Waals surface area contributed by atoms with E-state index in [-0.39, 0.29) is 37.6 Å². The molecule has 0 radical (unpaired) electrons. The fraction of sp³-hybridized carbons (Fsp3) is 0.625. The average molecular weight is 324 g/mol. The van der Waals surface area contributed by atoms with Crippen LogP contribution in [-0.4, -0.2) is 63.6 Å². The Balaban J connectivity index is 2.03. The summed E-state index contributed by atoms with van der Waals surface area (Å²) in [6.07, 6.45) is 0.526. The first-order valence-electron chi connectivity index (χ1n) is 7.93. The highest BCUT2D eigenvalue weighted by atomic mass is 16.5. The number of ether oxygens (including phenoxy) is 1. The predicted octanol–water partition coefficient (Wildman–Crippen LogP) is -0.402. The minimum atomic E-state index is -1.02. The van der Waals surface area contributed by atoms with Crippen molar-refractivity contribution in [2.45, 2.75) is 44.6 Å². The molecule has 7 nitrogen and oxygen atoms in total. The van der Waals surface area contributed by atoms with Gasteiger partial charge in [-0.1, -0.05) is 13.0 Å². The fourth-order valence-electron chi connectivity index (χ4n) is 2.76. The van der Waals surface area contributed by atoms with Crippen molar-refractivity contribution in [1.29, 1.82) is 0 Å². The molecule has 2 heterocycles. The van der Waals surface area contributed by atoms with Crippen LogP contribution in [0.1, 0.15) is 19.8 Å². The third-order valence-corrected chi connectivity index (χ3v) is 4.02. The summed E-state index contributed by atoms with van der Waals surface area (Å²) in [5.74, 6) is -0.163. The molecule has 1 saturated heterocycles. The van der Waals surface area contributed by atoms with Gasteiger partial charge in [0.25, 0.3) is 5.56 Å². The molecule has 0 aliphatic carbocycles. The summed E-state index contributed by atoms with van der Waals surface area (Å²) in [7, 11) is 0. The van der Waals surface area contributed by atoms with Crippen LogP contribution in [0.5, 0.6) is 0 Å². The first-order valence-corrected chi connectivity index (χ1v) is 7.93. The molecule has 2 rings (SSSR count). The lowest BCUT2D eigenvalue weighted by Gasteiger charge is -2.39. The van der Waals surface area contributed by atoms with Crippen LogP contribution in [0.4, 0.5) is 0 Å². The second-order valence-electron chi connectivity index (χ2n) is 5.73. The number of pyridine rings is 1. The number of nitrogens with zero attached hydrogens (tertiary/aromatic N) is 2. The fourth-order valence-corrected chi connectivity index (χ4v) is 2.76. The first-order chi connectivity index (χ1) is 11.0. The van der Waals surface area contributed by atoms with Gasteiger partial charge in [0.15, 0.2) is 0 Å². The van der Waals surface area contributed by atoms with E-state index in [1.165, 1.54) is 10.6 Å². The van der Waals surface area contributed by atoms with Gasteiger partial charge in [-0.25, -0.2) is 0 Å². The average Bonchev–Trinajstić information content (AvgIpc) is 2.54. The number of hydrogen-bond donors (Lipinski definition) is 2. The van der Waals surface area contributed by atoms with Crippen LogP contribution in [0.3, 0.4) is 0 Å². The number of hydrogen-bond acceptors (Lipinski definition) is 5. The minimum absolute atomic E-state index is 0.0746. The molecule has 2 N–H and O–H groups in total. The van der Waals surface area contributed by atoms with Gasteiger partial charge >= 0.3 is 0 Å². The number of aliphatic hydroxyl groups excluding tert-OH is 2. The quantitative estimate of drug-likeness (QED) is 0.743. The van der Waals surface area contributed by atoms with Crippen molar-refractivity contribution in [3.8, 4) is 0 Å². The minimum Gasteiger partial charge on any atom is -0.388 e. The summed E-state index contributed by atoms with van der Waals surface area (Å²) < 4.78 is 6.74. The van der Waals surface area contributed by atoms with Gasteiger partial charge in [-0.15, -0.1) is 0 Å². The molecule has 3 atom stereocenters. The largest absolute Gasteiger partial charge is 0.388 e. The molecule has 7 heteroatoms. The van der Waals surface area contributed by atoms with Gasteiger partial charge in [0, 0.05) is 31.8 Å². The lowest BCUT2D eigenvalue weighted by molar-refractivity contribution is -0.156. The van der Waals surface area contributed by atoms with Gasteiger partial charge in [0.2, 0.25) is 5.91 Å². The van der Waals surface area contributed by atoms with Gasteiger partial charge in [-0.3, -0.25) is 9.59 Å². The summed E-state index contributed by atoms with van der Waals surface area (Å²) in [5, 5.41) is 19.9. The number of aromatic nitrogens is 1. The molecule has 1 aliphatic rings. The second-order valence-corrected chi connectivity index (χ2v) is 5.73. The highest BCUT2D eigenvalue weighted by Crippen LogP contribution is 2.17. The van der Waals surface area contributed by atoms with Gasteiger partial charge < -0.3 is 24.4 Å². The monoisotopic (exact) mass is 324 g/mol. The zero-order valence-corrected chi connectivity index (χ0v) is 13.3. The first kappa shape index (κ1) is 17.7. The Bertz CT molecular complexity index is 574. The number of carbonyl (C=O) groups is 1. The molecule has 1 fully saturated rings. The molecule has 128 valence electrons. The van der Waals surface area contributed by atoms with E-state index < -0.39 is 18.2 Å². The van der Waals surface area contributed by atoms with Crippen LogP contribution in [0.15, 0.2) is 29.2 Å². The maximum absolute atomic E-state index is 12.5. The third-order valence-electron chi connectivity index (χ3n) is 4.02. The lowest BCUT2D eigenvalue weighted by Crippen LogP contribution is -2.57. The van der Waals surface area contributed by atoms with Crippen molar-refractivity contribution in [3.63, 3.8) is 0 Å². The van der Waals surface area contributed by atoms with E-state index in [0.29, 0.717) is 6.54 Å². The Morgan fingerprint density at radius 3 is 2.87 bits per heavy atom. The topological polar surface area (TPSA) is 92.0 Å². The van der Waals surface area contributed by atoms with Crippen molar-refractivity contribution in [2.75, 3.05) is 19.8 Å². The Morgan fingerprint density at radius 1 is 1.39 bits per heavy atom. The number of amides is 1. The molecule has 1 aromatic heterocycles. The number of rotatable bonds is 6. The van der Waals surface area contributed by atoms with E-state index in [0.717, 1.165) is 6.42 Å². The SMILES string of the molecule is CCCN(C(=O)CCn1ccccc1=O)[C@@H]1COC[C@@H](O)[C@H]1O. The molecule has 1 amide bonds. The molecule has 0 unspecified atom stereocenters. The number of aliphatic hydroxyl groups is 2. The van der Waals surface area contributed by atoms with Crippen LogP contribution < -0.4 is 5.56 Å². The summed E-state index contributed by atoms with van der Waals surface area (Å²) in [5.41, 5.74) is -0.154. The standard InChI is InChI=1S/C16H24N2O5/c1-2-7-18(12-10-23-11-13(19)16(12)22)15(21)6-9-17-8-4-3-5-14(17)20/h3-5,8,12-13,16,19,22H,2,6-7,9-11H2,1H3/t12-,13-,16+/m1/s1. The highest BCUT2D eigenvalue weighted by molar-refractivity contribution is 5.76. The summed E-state index contributed by atoms with van der Waals surface area (Å²) in [4.78, 5) is 25.8. The number of aryl methyl sites for hydroxylation is 1. The van der Waals surface area contributed by atoms with E-state index in [1.54, 1.807) is 23.2 Å². The van der Waals surface area contributed by atoms with Gasteiger partial charge in [0.05, 0.1) is 19.3 Å². The summed E-state index contributed by atoms with van der Waals surface area (Å²) in [6.45, 7) is 2.97. The van der Waals surface area contributed by atoms with Gasteiger partial charge in [-0.2, -0.15) is 0 Å². The summed E-state index contributed by atoms with van der Waals surface area (Å²) >= 11 is 0. The zero-order chi connectivity index (χ0) is 16.8. The maximum atomic E-state index is 12.5. The van der Waals surface area contributed by atoms with Crippen LogP contribution in [0, 0.1) is 0 Å². The molecular formula is C16H24N2O5. The molecule has 0 bridgehead atoms. The van der Waals surface area contributed by atoms with E-state index in [4.69, 9.17) is 4.74 Å². The van der Waals surface area contributed by atoms with Crippen molar-refractivity contribution in [3.05, 3.63) is 34.7 Å². The number of carbonyl (C=O) groups excluding carboxylic acids is 1. The van der Waals surface area contributed by atoms with Crippen LogP contribution >= 0.6 is 0 Å². The second kappa shape index (κ2) is 8.24. The Labute approximate surface area is 135 Å². The van der Waals surface area contributed by atoms with Crippen molar-refractivity contribution < 1.29 is 19.7 Å². The molecule has 1 aliphatic heterocycles. The Hall–Kier alpha value is -1.70.